The molecule has 0 N–H and O–H groups in total. The van der Waals surface area contributed by atoms with Crippen molar-refractivity contribution in [2.45, 2.75) is 40.5 Å². The highest BCUT2D eigenvalue weighted by molar-refractivity contribution is 5.06. The highest BCUT2D eigenvalue weighted by Gasteiger charge is 2.37. The van der Waals surface area contributed by atoms with Gasteiger partial charge in [-0.2, -0.15) is 0 Å². The summed E-state index contributed by atoms with van der Waals surface area (Å²) in [6.07, 6.45) is 2.76. The molecule has 0 saturated heterocycles. The third-order valence-electron chi connectivity index (χ3n) is 3.28. The lowest BCUT2D eigenvalue weighted by Gasteiger charge is -2.27. The van der Waals surface area contributed by atoms with Gasteiger partial charge in [-0.25, -0.2) is 0 Å². The predicted molar refractivity (Wildman–Crippen MR) is 41.1 cm³/mol. The molecular formula is C9H17. The summed E-state index contributed by atoms with van der Waals surface area (Å²) in [6.45, 7) is 9.38. The third-order valence-corrected chi connectivity index (χ3v) is 3.28. The fourth-order valence-corrected chi connectivity index (χ4v) is 1.54. The molecule has 53 valence electrons. The molecule has 0 heterocycles. The third kappa shape index (κ3) is 0.997. The molecule has 0 heteroatoms. The lowest BCUT2D eigenvalue weighted by molar-refractivity contribution is 0.304. The molecule has 1 fully saturated rings. The Labute approximate surface area is 58.7 Å². The molecule has 0 amide bonds. The largest absolute Gasteiger partial charge is 0.0620 e. The second-order valence-corrected chi connectivity index (χ2v) is 3.94. The summed E-state index contributed by atoms with van der Waals surface area (Å²) in [5.74, 6) is 2.59. The zero-order chi connectivity index (χ0) is 7.07. The Hall–Kier alpha value is 0. The summed E-state index contributed by atoms with van der Waals surface area (Å²) in [6, 6.07) is 0. The van der Waals surface area contributed by atoms with Crippen molar-refractivity contribution < 1.29 is 0 Å². The van der Waals surface area contributed by atoms with Gasteiger partial charge in [-0.1, -0.05) is 27.7 Å². The standard InChI is InChI=1S/C9H17/c1-7-5-6-8(2)9(7,3)4/h7H,5-6H2,1-4H3. The molecule has 1 rings (SSSR count). The first-order valence-corrected chi connectivity index (χ1v) is 3.88. The SMILES string of the molecule is C[C]1CCC(C)C1(C)C. The zero-order valence-corrected chi connectivity index (χ0v) is 6.99. The Balaban J connectivity index is 2.66. The molecule has 1 unspecified atom stereocenters. The van der Waals surface area contributed by atoms with Crippen LogP contribution in [0.2, 0.25) is 0 Å². The zero-order valence-electron chi connectivity index (χ0n) is 6.99. The molecule has 0 aromatic carbocycles. The van der Waals surface area contributed by atoms with Gasteiger partial charge in [-0.05, 0) is 30.1 Å². The maximum atomic E-state index is 2.36. The van der Waals surface area contributed by atoms with Crippen LogP contribution in [-0.2, 0) is 0 Å². The van der Waals surface area contributed by atoms with Crippen molar-refractivity contribution in [2.75, 3.05) is 0 Å². The van der Waals surface area contributed by atoms with Crippen LogP contribution < -0.4 is 0 Å². The van der Waals surface area contributed by atoms with E-state index in [0.29, 0.717) is 5.41 Å². The van der Waals surface area contributed by atoms with Gasteiger partial charge in [0, 0.05) is 0 Å². The summed E-state index contributed by atoms with van der Waals surface area (Å²) in [5, 5.41) is 0. The first-order valence-electron chi connectivity index (χ1n) is 3.88. The van der Waals surface area contributed by atoms with E-state index in [1.54, 1.807) is 5.92 Å². The molecule has 0 aromatic rings. The molecule has 1 radical (unpaired) electrons. The van der Waals surface area contributed by atoms with Crippen LogP contribution >= 0.6 is 0 Å². The maximum Gasteiger partial charge on any atom is -0.0213 e. The van der Waals surface area contributed by atoms with Crippen LogP contribution in [0.4, 0.5) is 0 Å². The van der Waals surface area contributed by atoms with Gasteiger partial charge in [0.2, 0.25) is 0 Å². The van der Waals surface area contributed by atoms with Gasteiger partial charge in [-0.15, -0.1) is 0 Å². The minimum absolute atomic E-state index is 0.528. The minimum atomic E-state index is 0.528. The summed E-state index contributed by atoms with van der Waals surface area (Å²) < 4.78 is 0. The van der Waals surface area contributed by atoms with Gasteiger partial charge in [0.1, 0.15) is 0 Å². The topological polar surface area (TPSA) is 0 Å². The minimum Gasteiger partial charge on any atom is -0.0620 e. The van der Waals surface area contributed by atoms with Crippen LogP contribution in [0, 0.1) is 17.3 Å². The summed E-state index contributed by atoms with van der Waals surface area (Å²) >= 11 is 0. The van der Waals surface area contributed by atoms with Crippen LogP contribution in [-0.4, -0.2) is 0 Å². The Bertz CT molecular complexity index is 90.6. The Morgan fingerprint density at radius 1 is 1.44 bits per heavy atom. The van der Waals surface area contributed by atoms with Crippen LogP contribution in [0.5, 0.6) is 0 Å². The first-order chi connectivity index (χ1) is 4.05. The van der Waals surface area contributed by atoms with E-state index in [0.717, 1.165) is 5.92 Å². The molecule has 1 aliphatic rings. The van der Waals surface area contributed by atoms with Gasteiger partial charge in [0.25, 0.3) is 0 Å². The van der Waals surface area contributed by atoms with E-state index in [1.165, 1.54) is 12.8 Å². The van der Waals surface area contributed by atoms with Crippen LogP contribution in [0.15, 0.2) is 0 Å². The molecule has 0 nitrogen and oxygen atoms in total. The van der Waals surface area contributed by atoms with Gasteiger partial charge in [0.15, 0.2) is 0 Å². The van der Waals surface area contributed by atoms with E-state index in [4.69, 9.17) is 0 Å². The second kappa shape index (κ2) is 2.00. The Morgan fingerprint density at radius 2 is 2.00 bits per heavy atom. The Morgan fingerprint density at radius 3 is 2.11 bits per heavy atom. The smallest absolute Gasteiger partial charge is 0.0213 e. The average molecular weight is 125 g/mol. The molecular weight excluding hydrogens is 108 g/mol. The quantitative estimate of drug-likeness (QED) is 0.467. The van der Waals surface area contributed by atoms with E-state index < -0.39 is 0 Å². The van der Waals surface area contributed by atoms with E-state index >= 15 is 0 Å². The van der Waals surface area contributed by atoms with Crippen molar-refractivity contribution in [2.24, 2.45) is 11.3 Å². The normalized spacial score (nSPS) is 35.3. The van der Waals surface area contributed by atoms with Gasteiger partial charge >= 0.3 is 0 Å². The summed E-state index contributed by atoms with van der Waals surface area (Å²) in [4.78, 5) is 0. The van der Waals surface area contributed by atoms with Crippen molar-refractivity contribution in [1.82, 2.24) is 0 Å². The molecule has 0 bridgehead atoms. The molecule has 0 spiro atoms. The number of rotatable bonds is 0. The molecule has 1 saturated carbocycles. The second-order valence-electron chi connectivity index (χ2n) is 3.94. The van der Waals surface area contributed by atoms with E-state index in [2.05, 4.69) is 27.7 Å². The highest BCUT2D eigenvalue weighted by atomic mass is 14.4. The predicted octanol–water partition coefficient (Wildman–Crippen LogP) is 3.04. The fourth-order valence-electron chi connectivity index (χ4n) is 1.54. The molecule has 9 heavy (non-hydrogen) atoms. The van der Waals surface area contributed by atoms with Crippen LogP contribution in [0.25, 0.3) is 0 Å². The molecule has 0 aromatic heterocycles. The van der Waals surface area contributed by atoms with Crippen LogP contribution in [0.3, 0.4) is 0 Å². The molecule has 1 atom stereocenters. The average Bonchev–Trinajstić information content (AvgIpc) is 1.96. The highest BCUT2D eigenvalue weighted by Crippen LogP contribution is 2.47. The Kier molecular flexibility index (Phi) is 1.58. The summed E-state index contributed by atoms with van der Waals surface area (Å²) in [7, 11) is 0. The van der Waals surface area contributed by atoms with Gasteiger partial charge in [-0.3, -0.25) is 0 Å². The molecule has 1 aliphatic carbocycles. The summed E-state index contributed by atoms with van der Waals surface area (Å²) in [5.41, 5.74) is 0.528. The first kappa shape index (κ1) is 7.11. The molecule has 0 aliphatic heterocycles. The van der Waals surface area contributed by atoms with Crippen molar-refractivity contribution in [3.05, 3.63) is 5.92 Å². The van der Waals surface area contributed by atoms with Crippen molar-refractivity contribution in [3.8, 4) is 0 Å². The van der Waals surface area contributed by atoms with Gasteiger partial charge < -0.3 is 0 Å². The lowest BCUT2D eigenvalue weighted by Crippen LogP contribution is -2.19. The van der Waals surface area contributed by atoms with Gasteiger partial charge in [0.05, 0.1) is 0 Å². The maximum absolute atomic E-state index is 2.36. The van der Waals surface area contributed by atoms with E-state index in [1.807, 2.05) is 0 Å². The fraction of sp³-hybridized carbons (Fsp3) is 0.889. The monoisotopic (exact) mass is 125 g/mol. The lowest BCUT2D eigenvalue weighted by atomic mass is 9.77. The number of hydrogen-bond donors (Lipinski definition) is 0. The van der Waals surface area contributed by atoms with Crippen molar-refractivity contribution in [1.29, 1.82) is 0 Å². The van der Waals surface area contributed by atoms with E-state index in [-0.39, 0.29) is 0 Å². The number of hydrogen-bond acceptors (Lipinski definition) is 0. The van der Waals surface area contributed by atoms with Crippen LogP contribution in [0.1, 0.15) is 40.5 Å². The van der Waals surface area contributed by atoms with Crippen molar-refractivity contribution in [3.63, 3.8) is 0 Å². The van der Waals surface area contributed by atoms with E-state index in [9.17, 15) is 0 Å². The van der Waals surface area contributed by atoms with Crippen molar-refractivity contribution >= 4 is 0 Å².